The Morgan fingerprint density at radius 1 is 1.32 bits per heavy atom. The lowest BCUT2D eigenvalue weighted by Crippen LogP contribution is -2.45. The summed E-state index contributed by atoms with van der Waals surface area (Å²) in [5, 5.41) is 3.34. The number of H-pyrrole nitrogens is 1. The van der Waals surface area contributed by atoms with Crippen LogP contribution in [0.5, 0.6) is 0 Å². The molecule has 1 aliphatic heterocycles. The van der Waals surface area contributed by atoms with Crippen molar-refractivity contribution < 1.29 is 0 Å². The highest BCUT2D eigenvalue weighted by Gasteiger charge is 2.20. The van der Waals surface area contributed by atoms with Crippen molar-refractivity contribution in [2.24, 2.45) is 0 Å². The van der Waals surface area contributed by atoms with Gasteiger partial charge in [-0.15, -0.1) is 0 Å². The summed E-state index contributed by atoms with van der Waals surface area (Å²) in [7, 11) is 2.02. The number of likely N-dealkylation sites (N-methyl/N-ethyl adjacent to an activating group) is 1. The van der Waals surface area contributed by atoms with Crippen LogP contribution in [0.4, 0.5) is 5.95 Å². The number of nitrogens with zero attached hydrogens (tertiary/aromatic N) is 3. The smallest absolute Gasteiger partial charge is 0.225 e. The van der Waals surface area contributed by atoms with Gasteiger partial charge < -0.3 is 15.2 Å². The molecule has 1 unspecified atom stereocenters. The molecule has 5 nitrogen and oxygen atoms in total. The lowest BCUT2D eigenvalue weighted by molar-refractivity contribution is 0.445. The zero-order valence-electron chi connectivity index (χ0n) is 11.1. The number of aromatic amines is 1. The van der Waals surface area contributed by atoms with Gasteiger partial charge in [0.1, 0.15) is 0 Å². The fourth-order valence-electron chi connectivity index (χ4n) is 2.53. The zero-order valence-corrected chi connectivity index (χ0v) is 11.1. The van der Waals surface area contributed by atoms with E-state index in [4.69, 9.17) is 0 Å². The van der Waals surface area contributed by atoms with Gasteiger partial charge in [0.25, 0.3) is 0 Å². The number of rotatable bonds is 3. The minimum absolute atomic E-state index is 0.543. The molecule has 0 saturated carbocycles. The third-order valence-corrected chi connectivity index (χ3v) is 3.68. The average molecular weight is 257 g/mol. The fourth-order valence-corrected chi connectivity index (χ4v) is 2.53. The van der Waals surface area contributed by atoms with Crippen LogP contribution in [0.2, 0.25) is 0 Å². The Kier molecular flexibility index (Phi) is 3.46. The molecule has 5 heteroatoms. The van der Waals surface area contributed by atoms with Gasteiger partial charge in [-0.3, -0.25) is 0 Å². The Bertz CT molecular complexity index is 505. The molecule has 2 aromatic heterocycles. The molecule has 2 aromatic rings. The van der Waals surface area contributed by atoms with E-state index in [9.17, 15) is 0 Å². The van der Waals surface area contributed by atoms with Gasteiger partial charge in [0.15, 0.2) is 0 Å². The normalized spacial score (nSPS) is 19.6. The van der Waals surface area contributed by atoms with Crippen LogP contribution in [0.15, 0.2) is 30.9 Å². The molecular weight excluding hydrogens is 238 g/mol. The Morgan fingerprint density at radius 3 is 2.84 bits per heavy atom. The molecule has 0 amide bonds. The molecular formula is C14H19N5. The largest absolute Gasteiger partial charge is 0.367 e. The Hall–Kier alpha value is -1.88. The van der Waals surface area contributed by atoms with Gasteiger partial charge in [-0.2, -0.15) is 0 Å². The summed E-state index contributed by atoms with van der Waals surface area (Å²) in [5.41, 5.74) is 2.17. The maximum Gasteiger partial charge on any atom is 0.225 e. The van der Waals surface area contributed by atoms with Gasteiger partial charge in [0.05, 0.1) is 0 Å². The molecule has 0 radical (unpaired) electrons. The highest BCUT2D eigenvalue weighted by atomic mass is 15.3. The molecule has 19 heavy (non-hydrogen) atoms. The first kappa shape index (κ1) is 12.2. The van der Waals surface area contributed by atoms with Crippen molar-refractivity contribution in [3.05, 3.63) is 30.9 Å². The first-order valence-corrected chi connectivity index (χ1v) is 6.74. The van der Waals surface area contributed by atoms with Crippen LogP contribution in [-0.4, -0.2) is 41.1 Å². The summed E-state index contributed by atoms with van der Waals surface area (Å²) >= 11 is 0. The minimum Gasteiger partial charge on any atom is -0.367 e. The lowest BCUT2D eigenvalue weighted by Gasteiger charge is -2.32. The number of piperidine rings is 1. The van der Waals surface area contributed by atoms with Crippen molar-refractivity contribution in [1.29, 1.82) is 0 Å². The van der Waals surface area contributed by atoms with Crippen molar-refractivity contribution in [1.82, 2.24) is 20.3 Å². The van der Waals surface area contributed by atoms with E-state index in [1.165, 1.54) is 12.8 Å². The summed E-state index contributed by atoms with van der Waals surface area (Å²) in [4.78, 5) is 14.3. The quantitative estimate of drug-likeness (QED) is 0.878. The molecule has 3 rings (SSSR count). The lowest BCUT2D eigenvalue weighted by atomic mass is 10.1. The molecule has 1 fully saturated rings. The number of hydrogen-bond acceptors (Lipinski definition) is 4. The predicted molar refractivity (Wildman–Crippen MR) is 76.1 cm³/mol. The highest BCUT2D eigenvalue weighted by molar-refractivity contribution is 5.61. The Labute approximate surface area is 113 Å². The Balaban J connectivity index is 1.75. The number of anilines is 1. The summed E-state index contributed by atoms with van der Waals surface area (Å²) < 4.78 is 0. The highest BCUT2D eigenvalue weighted by Crippen LogP contribution is 2.20. The SMILES string of the molecule is CNC1CCCN(c2ncc(-c3cc[nH]c3)cn2)C1. The van der Waals surface area contributed by atoms with Crippen molar-refractivity contribution in [3.8, 4) is 11.1 Å². The van der Waals surface area contributed by atoms with Crippen molar-refractivity contribution in [2.75, 3.05) is 25.0 Å². The topological polar surface area (TPSA) is 56.8 Å². The molecule has 3 heterocycles. The number of aromatic nitrogens is 3. The summed E-state index contributed by atoms with van der Waals surface area (Å²) in [6, 6.07) is 2.57. The van der Waals surface area contributed by atoms with Crippen molar-refractivity contribution >= 4 is 5.95 Å². The van der Waals surface area contributed by atoms with Crippen molar-refractivity contribution in [3.63, 3.8) is 0 Å². The first-order chi connectivity index (χ1) is 9.36. The van der Waals surface area contributed by atoms with Crippen LogP contribution >= 0.6 is 0 Å². The van der Waals surface area contributed by atoms with Crippen LogP contribution < -0.4 is 10.2 Å². The molecule has 1 saturated heterocycles. The molecule has 1 atom stereocenters. The third-order valence-electron chi connectivity index (χ3n) is 3.68. The van der Waals surface area contributed by atoms with Gasteiger partial charge >= 0.3 is 0 Å². The summed E-state index contributed by atoms with van der Waals surface area (Å²) in [5.74, 6) is 0.833. The van der Waals surface area contributed by atoms with Crippen molar-refractivity contribution in [2.45, 2.75) is 18.9 Å². The second-order valence-electron chi connectivity index (χ2n) is 4.95. The summed E-state index contributed by atoms with van der Waals surface area (Å²) in [6.07, 6.45) is 10.1. The maximum absolute atomic E-state index is 4.50. The van der Waals surface area contributed by atoms with Crippen LogP contribution in [0.3, 0.4) is 0 Å². The minimum atomic E-state index is 0.543. The van der Waals surface area contributed by atoms with E-state index in [0.29, 0.717) is 6.04 Å². The molecule has 0 bridgehead atoms. The second kappa shape index (κ2) is 5.40. The monoisotopic (exact) mass is 257 g/mol. The van der Waals surface area contributed by atoms with Crippen LogP contribution in [0.1, 0.15) is 12.8 Å². The van der Waals surface area contributed by atoms with E-state index in [1.807, 2.05) is 37.9 Å². The molecule has 0 aromatic carbocycles. The molecule has 0 spiro atoms. The molecule has 1 aliphatic rings. The van der Waals surface area contributed by atoms with Gasteiger partial charge in [-0.05, 0) is 26.0 Å². The van der Waals surface area contributed by atoms with E-state index in [0.717, 1.165) is 30.2 Å². The maximum atomic E-state index is 4.50. The van der Waals surface area contributed by atoms with E-state index in [-0.39, 0.29) is 0 Å². The van der Waals surface area contributed by atoms with E-state index in [1.54, 1.807) is 0 Å². The van der Waals surface area contributed by atoms with Gasteiger partial charge in [0, 0.05) is 55.0 Å². The predicted octanol–water partition coefficient (Wildman–Crippen LogP) is 1.66. The average Bonchev–Trinajstić information content (AvgIpc) is 3.02. The first-order valence-electron chi connectivity index (χ1n) is 6.74. The van der Waals surface area contributed by atoms with Crippen LogP contribution in [-0.2, 0) is 0 Å². The standard InChI is InChI=1S/C14H19N5/c1-15-13-3-2-6-19(10-13)14-17-8-12(9-18-14)11-4-5-16-7-11/h4-5,7-9,13,15-16H,2-3,6,10H2,1H3. The molecule has 0 aliphatic carbocycles. The number of hydrogen-bond donors (Lipinski definition) is 2. The zero-order chi connectivity index (χ0) is 13.1. The molecule has 100 valence electrons. The Morgan fingerprint density at radius 2 is 2.16 bits per heavy atom. The van der Waals surface area contributed by atoms with Gasteiger partial charge in [-0.1, -0.05) is 0 Å². The van der Waals surface area contributed by atoms with E-state index >= 15 is 0 Å². The summed E-state index contributed by atoms with van der Waals surface area (Å²) in [6.45, 7) is 2.03. The molecule has 2 N–H and O–H groups in total. The van der Waals surface area contributed by atoms with Gasteiger partial charge in [0.2, 0.25) is 5.95 Å². The van der Waals surface area contributed by atoms with Gasteiger partial charge in [-0.25, -0.2) is 9.97 Å². The third kappa shape index (κ3) is 2.61. The van der Waals surface area contributed by atoms with E-state index < -0.39 is 0 Å². The number of nitrogens with one attached hydrogen (secondary N) is 2. The second-order valence-corrected chi connectivity index (χ2v) is 4.95. The van der Waals surface area contributed by atoms with Crippen LogP contribution in [0, 0.1) is 0 Å². The fraction of sp³-hybridized carbons (Fsp3) is 0.429. The van der Waals surface area contributed by atoms with Crippen LogP contribution in [0.25, 0.3) is 11.1 Å². The van der Waals surface area contributed by atoms with E-state index in [2.05, 4.69) is 25.2 Å².